The van der Waals surface area contributed by atoms with Crippen molar-refractivity contribution in [2.75, 3.05) is 19.8 Å². The summed E-state index contributed by atoms with van der Waals surface area (Å²) in [4.78, 5) is 0. The molecule has 5 heteroatoms. The van der Waals surface area contributed by atoms with Crippen molar-refractivity contribution in [2.24, 2.45) is 0 Å². The largest absolute Gasteiger partial charge is 0.411 e. The van der Waals surface area contributed by atoms with Gasteiger partial charge in [0.25, 0.3) is 0 Å². The monoisotopic (exact) mass is 241 g/mol. The van der Waals surface area contributed by atoms with Crippen LogP contribution in [0.25, 0.3) is 0 Å². The van der Waals surface area contributed by atoms with E-state index in [1.807, 2.05) is 6.92 Å². The van der Waals surface area contributed by atoms with Crippen molar-refractivity contribution in [2.45, 2.75) is 51.7 Å². The molecule has 0 aliphatic carbocycles. The molecule has 0 aromatic carbocycles. The van der Waals surface area contributed by atoms with Crippen molar-refractivity contribution >= 4 is 0 Å². The maximum atomic E-state index is 11.9. The molecule has 0 spiro atoms. The summed E-state index contributed by atoms with van der Waals surface area (Å²) in [6.45, 7) is 3.78. The van der Waals surface area contributed by atoms with Crippen molar-refractivity contribution in [3.8, 4) is 0 Å². The van der Waals surface area contributed by atoms with E-state index in [0.717, 1.165) is 32.2 Å². The van der Waals surface area contributed by atoms with Crippen LogP contribution in [0.1, 0.15) is 39.5 Å². The molecular weight excluding hydrogens is 219 g/mol. The first-order valence-electron chi connectivity index (χ1n) is 5.87. The van der Waals surface area contributed by atoms with Crippen LogP contribution in [0.4, 0.5) is 13.2 Å². The van der Waals surface area contributed by atoms with E-state index in [9.17, 15) is 13.2 Å². The molecule has 2 nitrogen and oxygen atoms in total. The van der Waals surface area contributed by atoms with Gasteiger partial charge >= 0.3 is 6.18 Å². The number of rotatable bonds is 9. The number of hydrogen-bond donors (Lipinski definition) is 1. The van der Waals surface area contributed by atoms with Gasteiger partial charge in [0.05, 0.1) is 6.61 Å². The van der Waals surface area contributed by atoms with Gasteiger partial charge in [-0.15, -0.1) is 0 Å². The molecule has 0 aromatic rings. The van der Waals surface area contributed by atoms with E-state index in [0.29, 0.717) is 0 Å². The van der Waals surface area contributed by atoms with Crippen LogP contribution < -0.4 is 5.32 Å². The number of likely N-dealkylation sites (N-methyl/N-ethyl adjacent to an activating group) is 1. The summed E-state index contributed by atoms with van der Waals surface area (Å²) in [5.74, 6) is 0. The summed E-state index contributed by atoms with van der Waals surface area (Å²) < 4.78 is 40.2. The highest BCUT2D eigenvalue weighted by Gasteiger charge is 2.27. The third-order valence-electron chi connectivity index (χ3n) is 2.23. The van der Waals surface area contributed by atoms with Gasteiger partial charge in [-0.1, -0.05) is 33.1 Å². The number of hydrogen-bond acceptors (Lipinski definition) is 2. The SMILES string of the molecule is CCCCCC(COCC(F)(F)F)NCC. The van der Waals surface area contributed by atoms with E-state index in [1.54, 1.807) is 0 Å². The lowest BCUT2D eigenvalue weighted by atomic mass is 10.1. The van der Waals surface area contributed by atoms with E-state index in [-0.39, 0.29) is 12.6 Å². The first kappa shape index (κ1) is 15.7. The molecular formula is C11H22F3NO. The van der Waals surface area contributed by atoms with E-state index < -0.39 is 12.8 Å². The Hall–Kier alpha value is -0.290. The van der Waals surface area contributed by atoms with Gasteiger partial charge in [0.1, 0.15) is 6.61 Å². The van der Waals surface area contributed by atoms with Gasteiger partial charge in [0.15, 0.2) is 0 Å². The highest BCUT2D eigenvalue weighted by Crippen LogP contribution is 2.15. The van der Waals surface area contributed by atoms with Gasteiger partial charge < -0.3 is 10.1 Å². The average Bonchev–Trinajstić information content (AvgIpc) is 2.16. The predicted molar refractivity (Wildman–Crippen MR) is 58.5 cm³/mol. The van der Waals surface area contributed by atoms with E-state index in [4.69, 9.17) is 0 Å². The first-order chi connectivity index (χ1) is 7.49. The predicted octanol–water partition coefficient (Wildman–Crippen LogP) is 3.12. The summed E-state index contributed by atoms with van der Waals surface area (Å²) in [5.41, 5.74) is 0. The fraction of sp³-hybridized carbons (Fsp3) is 1.00. The zero-order valence-electron chi connectivity index (χ0n) is 10.1. The molecule has 0 heterocycles. The number of alkyl halides is 3. The number of halogens is 3. The lowest BCUT2D eigenvalue weighted by molar-refractivity contribution is -0.175. The van der Waals surface area contributed by atoms with Gasteiger partial charge in [-0.2, -0.15) is 13.2 Å². The van der Waals surface area contributed by atoms with Crippen LogP contribution in [0, 0.1) is 0 Å². The second-order valence-corrected chi connectivity index (χ2v) is 3.88. The van der Waals surface area contributed by atoms with E-state index >= 15 is 0 Å². The van der Waals surface area contributed by atoms with Crippen molar-refractivity contribution in [3.63, 3.8) is 0 Å². The van der Waals surface area contributed by atoms with Crippen LogP contribution in [0.3, 0.4) is 0 Å². The molecule has 0 aliphatic rings. The summed E-state index contributed by atoms with van der Waals surface area (Å²) in [7, 11) is 0. The van der Waals surface area contributed by atoms with Crippen molar-refractivity contribution in [3.05, 3.63) is 0 Å². The van der Waals surface area contributed by atoms with Crippen molar-refractivity contribution < 1.29 is 17.9 Å². The lowest BCUT2D eigenvalue weighted by Gasteiger charge is -2.18. The van der Waals surface area contributed by atoms with Crippen molar-refractivity contribution in [1.29, 1.82) is 0 Å². The Morgan fingerprint density at radius 2 is 1.88 bits per heavy atom. The lowest BCUT2D eigenvalue weighted by Crippen LogP contribution is -2.34. The maximum absolute atomic E-state index is 11.9. The second kappa shape index (κ2) is 8.82. The standard InChI is InChI=1S/C11H22F3NO/c1-3-5-6-7-10(15-4-2)8-16-9-11(12,13)14/h10,15H,3-9H2,1-2H3. The van der Waals surface area contributed by atoms with Gasteiger partial charge in [-0.05, 0) is 13.0 Å². The highest BCUT2D eigenvalue weighted by molar-refractivity contribution is 4.65. The Morgan fingerprint density at radius 1 is 1.19 bits per heavy atom. The Kier molecular flexibility index (Phi) is 8.66. The molecule has 0 saturated carbocycles. The summed E-state index contributed by atoms with van der Waals surface area (Å²) in [6, 6.07) is 0.0406. The fourth-order valence-corrected chi connectivity index (χ4v) is 1.49. The van der Waals surface area contributed by atoms with Crippen molar-refractivity contribution in [1.82, 2.24) is 5.32 Å². The van der Waals surface area contributed by atoms with Gasteiger partial charge in [0.2, 0.25) is 0 Å². The molecule has 98 valence electrons. The highest BCUT2D eigenvalue weighted by atomic mass is 19.4. The van der Waals surface area contributed by atoms with Gasteiger partial charge in [-0.3, -0.25) is 0 Å². The minimum Gasteiger partial charge on any atom is -0.370 e. The van der Waals surface area contributed by atoms with Crippen LogP contribution in [-0.2, 0) is 4.74 Å². The summed E-state index contributed by atoms with van der Waals surface area (Å²) in [6.07, 6.45) is -0.0906. The second-order valence-electron chi connectivity index (χ2n) is 3.88. The molecule has 0 aliphatic heterocycles. The van der Waals surface area contributed by atoms with E-state index in [2.05, 4.69) is 17.0 Å². The molecule has 1 N–H and O–H groups in total. The normalized spacial score (nSPS) is 14.1. The zero-order valence-corrected chi connectivity index (χ0v) is 10.1. The minimum atomic E-state index is -4.22. The molecule has 0 aromatic heterocycles. The molecule has 0 saturated heterocycles. The Balaban J connectivity index is 3.67. The smallest absolute Gasteiger partial charge is 0.370 e. The molecule has 0 bridgehead atoms. The van der Waals surface area contributed by atoms with Crippen LogP contribution in [-0.4, -0.2) is 32.0 Å². The quantitative estimate of drug-likeness (QED) is 0.626. The molecule has 16 heavy (non-hydrogen) atoms. The number of unbranched alkanes of at least 4 members (excludes halogenated alkanes) is 2. The van der Waals surface area contributed by atoms with Crippen LogP contribution in [0.15, 0.2) is 0 Å². The molecule has 1 atom stereocenters. The third kappa shape index (κ3) is 10.2. The van der Waals surface area contributed by atoms with E-state index in [1.165, 1.54) is 0 Å². The molecule has 0 radical (unpaired) electrons. The van der Waals surface area contributed by atoms with Gasteiger partial charge in [-0.25, -0.2) is 0 Å². The number of ether oxygens (including phenoxy) is 1. The third-order valence-corrected chi connectivity index (χ3v) is 2.23. The molecule has 1 unspecified atom stereocenters. The topological polar surface area (TPSA) is 21.3 Å². The number of nitrogens with one attached hydrogen (secondary N) is 1. The molecule has 0 amide bonds. The van der Waals surface area contributed by atoms with Crippen LogP contribution >= 0.6 is 0 Å². The summed E-state index contributed by atoms with van der Waals surface area (Å²) >= 11 is 0. The first-order valence-corrected chi connectivity index (χ1v) is 5.87. The fourth-order valence-electron chi connectivity index (χ4n) is 1.49. The molecule has 0 rings (SSSR count). The maximum Gasteiger partial charge on any atom is 0.411 e. The molecule has 0 fully saturated rings. The Bertz CT molecular complexity index is 162. The Morgan fingerprint density at radius 3 is 2.38 bits per heavy atom. The van der Waals surface area contributed by atoms with Crippen LogP contribution in [0.5, 0.6) is 0 Å². The average molecular weight is 241 g/mol. The zero-order chi connectivity index (χ0) is 12.4. The summed E-state index contributed by atoms with van der Waals surface area (Å²) in [5, 5.41) is 3.14. The minimum absolute atomic E-state index is 0.0406. The van der Waals surface area contributed by atoms with Gasteiger partial charge in [0, 0.05) is 6.04 Å². The van der Waals surface area contributed by atoms with Crippen LogP contribution in [0.2, 0.25) is 0 Å². The Labute approximate surface area is 95.5 Å².